The molecule has 0 aromatic rings. The van der Waals surface area contributed by atoms with Gasteiger partial charge < -0.3 is 9.47 Å². The zero-order chi connectivity index (χ0) is 11.1. The summed E-state index contributed by atoms with van der Waals surface area (Å²) in [7, 11) is 0. The van der Waals surface area contributed by atoms with Crippen molar-refractivity contribution in [1.82, 2.24) is 0 Å². The number of nitriles is 1. The maximum atomic E-state index is 9.22. The lowest BCUT2D eigenvalue weighted by molar-refractivity contribution is -0.141. The third kappa shape index (κ3) is 1.49. The van der Waals surface area contributed by atoms with Gasteiger partial charge in [0.1, 0.15) is 0 Å². The summed E-state index contributed by atoms with van der Waals surface area (Å²) in [6.07, 6.45) is 1.80. The predicted molar refractivity (Wildman–Crippen MR) is 56.0 cm³/mol. The van der Waals surface area contributed by atoms with Crippen molar-refractivity contribution in [3.05, 3.63) is 11.1 Å². The van der Waals surface area contributed by atoms with E-state index in [0.29, 0.717) is 13.2 Å². The molecule has 0 amide bonds. The van der Waals surface area contributed by atoms with Crippen molar-refractivity contribution >= 4 is 0 Å². The van der Waals surface area contributed by atoms with E-state index < -0.39 is 5.79 Å². The van der Waals surface area contributed by atoms with Crippen molar-refractivity contribution in [2.24, 2.45) is 5.41 Å². The van der Waals surface area contributed by atoms with Crippen LogP contribution in [0.1, 0.15) is 33.6 Å². The van der Waals surface area contributed by atoms with Gasteiger partial charge in [-0.05, 0) is 18.9 Å². The average molecular weight is 207 g/mol. The SMILES string of the molecule is CC1=C(C#N)C(C)(C)CCC12OCCO2. The number of hydrogen-bond donors (Lipinski definition) is 0. The Morgan fingerprint density at radius 3 is 2.33 bits per heavy atom. The summed E-state index contributed by atoms with van der Waals surface area (Å²) in [6, 6.07) is 2.31. The normalized spacial score (nSPS) is 28.1. The van der Waals surface area contributed by atoms with Crippen molar-refractivity contribution in [3.63, 3.8) is 0 Å². The average Bonchev–Trinajstić information content (AvgIpc) is 2.63. The maximum absolute atomic E-state index is 9.22. The van der Waals surface area contributed by atoms with Crippen molar-refractivity contribution in [2.75, 3.05) is 13.2 Å². The topological polar surface area (TPSA) is 42.2 Å². The quantitative estimate of drug-likeness (QED) is 0.612. The number of hydrogen-bond acceptors (Lipinski definition) is 3. The van der Waals surface area contributed by atoms with Gasteiger partial charge in [-0.3, -0.25) is 0 Å². The first-order valence-corrected chi connectivity index (χ1v) is 5.42. The summed E-state index contributed by atoms with van der Waals surface area (Å²) in [5, 5.41) is 9.22. The van der Waals surface area contributed by atoms with Crippen LogP contribution >= 0.6 is 0 Å². The second-order valence-electron chi connectivity index (χ2n) is 4.95. The van der Waals surface area contributed by atoms with E-state index in [4.69, 9.17) is 9.47 Å². The van der Waals surface area contributed by atoms with E-state index >= 15 is 0 Å². The molecular formula is C12H17NO2. The Kier molecular flexibility index (Phi) is 2.37. The highest BCUT2D eigenvalue weighted by Gasteiger charge is 2.47. The Hall–Kier alpha value is -0.850. The molecule has 1 heterocycles. The predicted octanol–water partition coefficient (Wildman–Crippen LogP) is 2.39. The highest BCUT2D eigenvalue weighted by atomic mass is 16.7. The van der Waals surface area contributed by atoms with Gasteiger partial charge in [-0.1, -0.05) is 13.8 Å². The fourth-order valence-electron chi connectivity index (χ4n) is 2.54. The van der Waals surface area contributed by atoms with Gasteiger partial charge in [0.15, 0.2) is 5.79 Å². The van der Waals surface area contributed by atoms with E-state index in [0.717, 1.165) is 24.0 Å². The lowest BCUT2D eigenvalue weighted by atomic mass is 9.71. The van der Waals surface area contributed by atoms with E-state index in [-0.39, 0.29) is 5.41 Å². The fraction of sp³-hybridized carbons (Fsp3) is 0.750. The molecule has 3 heteroatoms. The number of rotatable bonds is 0. The van der Waals surface area contributed by atoms with Gasteiger partial charge in [0.25, 0.3) is 0 Å². The molecule has 1 spiro atoms. The first-order chi connectivity index (χ1) is 7.02. The molecular weight excluding hydrogens is 190 g/mol. The van der Waals surface area contributed by atoms with Gasteiger partial charge in [-0.2, -0.15) is 5.26 Å². The molecule has 1 aliphatic heterocycles. The number of allylic oxidation sites excluding steroid dienone is 1. The summed E-state index contributed by atoms with van der Waals surface area (Å²) in [5.74, 6) is -0.583. The van der Waals surface area contributed by atoms with Crippen LogP contribution in [0.5, 0.6) is 0 Å². The Morgan fingerprint density at radius 2 is 1.80 bits per heavy atom. The Balaban J connectivity index is 2.46. The van der Waals surface area contributed by atoms with Crippen LogP contribution in [0.25, 0.3) is 0 Å². The van der Waals surface area contributed by atoms with E-state index in [1.165, 1.54) is 0 Å². The lowest BCUT2D eigenvalue weighted by Crippen LogP contribution is -2.39. The zero-order valence-electron chi connectivity index (χ0n) is 9.59. The van der Waals surface area contributed by atoms with Gasteiger partial charge in [0, 0.05) is 17.4 Å². The molecule has 82 valence electrons. The molecule has 2 aliphatic rings. The van der Waals surface area contributed by atoms with Crippen LogP contribution in [-0.2, 0) is 9.47 Å². The van der Waals surface area contributed by atoms with E-state index in [9.17, 15) is 5.26 Å². The van der Waals surface area contributed by atoms with Crippen LogP contribution in [0.3, 0.4) is 0 Å². The largest absolute Gasteiger partial charge is 0.344 e. The minimum atomic E-state index is -0.583. The van der Waals surface area contributed by atoms with Gasteiger partial charge in [-0.25, -0.2) is 0 Å². The molecule has 15 heavy (non-hydrogen) atoms. The van der Waals surface area contributed by atoms with Gasteiger partial charge in [0.2, 0.25) is 0 Å². The molecule has 1 saturated heterocycles. The van der Waals surface area contributed by atoms with E-state index in [1.807, 2.05) is 6.92 Å². The second-order valence-corrected chi connectivity index (χ2v) is 4.95. The lowest BCUT2D eigenvalue weighted by Gasteiger charge is -2.40. The van der Waals surface area contributed by atoms with Crippen molar-refractivity contribution in [3.8, 4) is 6.07 Å². The minimum absolute atomic E-state index is 0.0423. The van der Waals surface area contributed by atoms with Crippen LogP contribution in [0, 0.1) is 16.7 Å². The molecule has 0 aromatic heterocycles. The number of ether oxygens (including phenoxy) is 2. The molecule has 1 fully saturated rings. The van der Waals surface area contributed by atoms with Crippen LogP contribution in [0.4, 0.5) is 0 Å². The van der Waals surface area contributed by atoms with E-state index in [1.54, 1.807) is 0 Å². The zero-order valence-corrected chi connectivity index (χ0v) is 9.59. The van der Waals surface area contributed by atoms with Gasteiger partial charge in [0.05, 0.1) is 19.3 Å². The van der Waals surface area contributed by atoms with Crippen LogP contribution in [0.2, 0.25) is 0 Å². The second kappa shape index (κ2) is 3.33. The summed E-state index contributed by atoms with van der Waals surface area (Å²) in [6.45, 7) is 7.45. The molecule has 0 atom stereocenters. The summed E-state index contributed by atoms with van der Waals surface area (Å²) in [4.78, 5) is 0. The Morgan fingerprint density at radius 1 is 1.20 bits per heavy atom. The standard InChI is InChI=1S/C12H17NO2/c1-9-10(8-13)11(2,3)4-5-12(9)14-6-7-15-12/h4-7H2,1-3H3. The summed E-state index contributed by atoms with van der Waals surface area (Å²) < 4.78 is 11.4. The smallest absolute Gasteiger partial charge is 0.191 e. The van der Waals surface area contributed by atoms with Gasteiger partial charge >= 0.3 is 0 Å². The Bertz CT molecular complexity index is 343. The molecule has 0 saturated carbocycles. The first kappa shape index (κ1) is 10.7. The molecule has 0 bridgehead atoms. The fourth-order valence-corrected chi connectivity index (χ4v) is 2.54. The van der Waals surface area contributed by atoms with Crippen molar-refractivity contribution in [2.45, 2.75) is 39.4 Å². The summed E-state index contributed by atoms with van der Waals surface area (Å²) in [5.41, 5.74) is 1.76. The summed E-state index contributed by atoms with van der Waals surface area (Å²) >= 11 is 0. The highest BCUT2D eigenvalue weighted by molar-refractivity contribution is 5.38. The molecule has 0 radical (unpaired) electrons. The maximum Gasteiger partial charge on any atom is 0.191 e. The molecule has 0 aromatic carbocycles. The monoisotopic (exact) mass is 207 g/mol. The molecule has 3 nitrogen and oxygen atoms in total. The third-order valence-corrected chi connectivity index (χ3v) is 3.57. The van der Waals surface area contributed by atoms with E-state index in [2.05, 4.69) is 19.9 Å². The molecule has 0 N–H and O–H groups in total. The highest BCUT2D eigenvalue weighted by Crippen LogP contribution is 2.47. The minimum Gasteiger partial charge on any atom is -0.344 e. The van der Waals surface area contributed by atoms with Crippen molar-refractivity contribution < 1.29 is 9.47 Å². The number of nitrogens with zero attached hydrogens (tertiary/aromatic N) is 1. The van der Waals surface area contributed by atoms with Gasteiger partial charge in [-0.15, -0.1) is 0 Å². The van der Waals surface area contributed by atoms with Crippen LogP contribution < -0.4 is 0 Å². The third-order valence-electron chi connectivity index (χ3n) is 3.57. The Labute approximate surface area is 90.7 Å². The molecule has 0 unspecified atom stereocenters. The van der Waals surface area contributed by atoms with Crippen LogP contribution in [-0.4, -0.2) is 19.0 Å². The molecule has 2 rings (SSSR count). The molecule has 1 aliphatic carbocycles. The van der Waals surface area contributed by atoms with Crippen LogP contribution in [0.15, 0.2) is 11.1 Å². The van der Waals surface area contributed by atoms with Crippen molar-refractivity contribution in [1.29, 1.82) is 5.26 Å². The first-order valence-electron chi connectivity index (χ1n) is 5.42.